The maximum absolute atomic E-state index is 11.4. The van der Waals surface area contributed by atoms with Gasteiger partial charge in [-0.15, -0.1) is 11.3 Å². The summed E-state index contributed by atoms with van der Waals surface area (Å²) >= 11 is 5.20. The zero-order valence-electron chi connectivity index (χ0n) is 9.44. The van der Waals surface area contributed by atoms with Crippen LogP contribution in [0.3, 0.4) is 0 Å². The largest absolute Gasteiger partial charge is 0.379 e. The summed E-state index contributed by atoms with van der Waals surface area (Å²) in [5.74, 6) is 0. The molecule has 0 saturated heterocycles. The molecule has 0 fully saturated rings. The number of halogens is 1. The van der Waals surface area contributed by atoms with E-state index in [-0.39, 0.29) is 5.56 Å². The minimum absolute atomic E-state index is 0.0374. The van der Waals surface area contributed by atoms with Gasteiger partial charge in [-0.25, -0.2) is 0 Å². The third-order valence-corrected chi connectivity index (χ3v) is 4.39. The van der Waals surface area contributed by atoms with Gasteiger partial charge >= 0.3 is 0 Å². The Balaban J connectivity index is 2.09. The Morgan fingerprint density at radius 2 is 2.24 bits per heavy atom. The fraction of sp³-hybridized carbons (Fsp3) is 0.250. The Labute approximate surface area is 112 Å². The zero-order chi connectivity index (χ0) is 12.3. The summed E-state index contributed by atoms with van der Waals surface area (Å²) in [5, 5.41) is 5.36. The molecule has 0 amide bonds. The molecule has 90 valence electrons. The Hall–Kier alpha value is -1.07. The first-order valence-electron chi connectivity index (χ1n) is 5.37. The van der Waals surface area contributed by atoms with E-state index in [1.807, 2.05) is 30.6 Å². The molecule has 0 saturated carbocycles. The van der Waals surface area contributed by atoms with Gasteiger partial charge in [-0.2, -0.15) is 0 Å². The predicted octanol–water partition coefficient (Wildman–Crippen LogP) is 3.30. The highest BCUT2D eigenvalue weighted by Crippen LogP contribution is 2.23. The van der Waals surface area contributed by atoms with Crippen LogP contribution in [0.5, 0.6) is 0 Å². The monoisotopic (exact) mass is 312 g/mol. The molecule has 0 radical (unpaired) electrons. The van der Waals surface area contributed by atoms with Crippen LogP contribution in [0.25, 0.3) is 0 Å². The van der Waals surface area contributed by atoms with Crippen molar-refractivity contribution < 1.29 is 0 Å². The van der Waals surface area contributed by atoms with Crippen molar-refractivity contribution >= 4 is 33.0 Å². The molecule has 2 aromatic heterocycles. The molecule has 0 aliphatic rings. The lowest BCUT2D eigenvalue weighted by atomic mass is 10.4. The first-order valence-corrected chi connectivity index (χ1v) is 7.04. The second-order valence-electron chi connectivity index (χ2n) is 3.59. The van der Waals surface area contributed by atoms with E-state index >= 15 is 0 Å². The average Bonchev–Trinajstić information content (AvgIpc) is 2.74. The maximum Gasteiger partial charge on any atom is 0.250 e. The van der Waals surface area contributed by atoms with E-state index in [0.29, 0.717) is 6.54 Å². The number of hydrogen-bond acceptors (Lipinski definition) is 3. The van der Waals surface area contributed by atoms with E-state index in [0.717, 1.165) is 16.7 Å². The van der Waals surface area contributed by atoms with Crippen LogP contribution in [0.15, 0.2) is 39.0 Å². The molecule has 5 heteroatoms. The minimum atomic E-state index is 0.0374. The Morgan fingerprint density at radius 1 is 1.41 bits per heavy atom. The molecule has 0 aromatic carbocycles. The first kappa shape index (κ1) is 12.4. The normalized spacial score (nSPS) is 10.5. The second kappa shape index (κ2) is 5.51. The van der Waals surface area contributed by atoms with Crippen molar-refractivity contribution in [1.82, 2.24) is 4.57 Å². The molecule has 0 atom stereocenters. The summed E-state index contributed by atoms with van der Waals surface area (Å²) in [6, 6.07) is 5.44. The van der Waals surface area contributed by atoms with Crippen molar-refractivity contribution in [3.05, 3.63) is 49.5 Å². The molecular formula is C12H13BrN2OS. The number of rotatable bonds is 4. The Morgan fingerprint density at radius 3 is 2.88 bits per heavy atom. The predicted molar refractivity (Wildman–Crippen MR) is 75.7 cm³/mol. The molecule has 17 heavy (non-hydrogen) atoms. The average molecular weight is 313 g/mol. The summed E-state index contributed by atoms with van der Waals surface area (Å²) in [6.45, 7) is 3.41. The van der Waals surface area contributed by atoms with E-state index in [2.05, 4.69) is 21.2 Å². The van der Waals surface area contributed by atoms with Gasteiger partial charge in [-0.3, -0.25) is 4.79 Å². The lowest BCUT2D eigenvalue weighted by Gasteiger charge is -2.08. The van der Waals surface area contributed by atoms with Crippen molar-refractivity contribution in [3.8, 4) is 0 Å². The zero-order valence-corrected chi connectivity index (χ0v) is 11.8. The second-order valence-corrected chi connectivity index (χ2v) is 5.44. The van der Waals surface area contributed by atoms with Crippen molar-refractivity contribution in [1.29, 1.82) is 0 Å². The molecule has 0 aliphatic heterocycles. The fourth-order valence-electron chi connectivity index (χ4n) is 1.52. The highest BCUT2D eigenvalue weighted by molar-refractivity contribution is 9.10. The molecule has 0 aliphatic carbocycles. The van der Waals surface area contributed by atoms with Crippen molar-refractivity contribution in [2.24, 2.45) is 0 Å². The molecule has 0 spiro atoms. The number of hydrogen-bond donors (Lipinski definition) is 1. The molecule has 2 rings (SSSR count). The molecule has 1 N–H and O–H groups in total. The number of aromatic nitrogens is 1. The molecule has 0 unspecified atom stereocenters. The topological polar surface area (TPSA) is 34.0 Å². The fourth-order valence-corrected chi connectivity index (χ4v) is 2.95. The highest BCUT2D eigenvalue weighted by atomic mass is 79.9. The Kier molecular flexibility index (Phi) is 4.02. The van der Waals surface area contributed by atoms with Gasteiger partial charge in [0.1, 0.15) is 0 Å². The smallest absolute Gasteiger partial charge is 0.250 e. The summed E-state index contributed by atoms with van der Waals surface area (Å²) in [4.78, 5) is 12.7. The van der Waals surface area contributed by atoms with Gasteiger partial charge in [0.05, 0.1) is 12.2 Å². The summed E-state index contributed by atoms with van der Waals surface area (Å²) in [7, 11) is 0. The maximum atomic E-state index is 11.4. The standard InChI is InChI=1S/C12H13BrN2OS/c1-2-15-8-9(3-4-12(15)16)14-7-11-10(13)5-6-17-11/h3-6,8,14H,2,7H2,1H3. The van der Waals surface area contributed by atoms with Crippen molar-refractivity contribution in [3.63, 3.8) is 0 Å². The number of aryl methyl sites for hydroxylation is 1. The lowest BCUT2D eigenvalue weighted by molar-refractivity contribution is 0.728. The van der Waals surface area contributed by atoms with Crippen LogP contribution in [0.4, 0.5) is 5.69 Å². The van der Waals surface area contributed by atoms with Gasteiger partial charge in [-0.1, -0.05) is 0 Å². The van der Waals surface area contributed by atoms with Gasteiger partial charge < -0.3 is 9.88 Å². The van der Waals surface area contributed by atoms with Crippen LogP contribution < -0.4 is 10.9 Å². The molecule has 2 heterocycles. The number of nitrogens with one attached hydrogen (secondary N) is 1. The summed E-state index contributed by atoms with van der Waals surface area (Å²) in [6.07, 6.45) is 1.85. The third-order valence-electron chi connectivity index (χ3n) is 2.47. The van der Waals surface area contributed by atoms with Crippen molar-refractivity contribution in [2.45, 2.75) is 20.0 Å². The van der Waals surface area contributed by atoms with E-state index in [9.17, 15) is 4.79 Å². The summed E-state index contributed by atoms with van der Waals surface area (Å²) < 4.78 is 2.81. The van der Waals surface area contributed by atoms with E-state index in [4.69, 9.17) is 0 Å². The Bertz CT molecular complexity index is 562. The minimum Gasteiger partial charge on any atom is -0.379 e. The van der Waals surface area contributed by atoms with Gasteiger partial charge in [0.15, 0.2) is 0 Å². The van der Waals surface area contributed by atoms with E-state index in [1.54, 1.807) is 22.0 Å². The van der Waals surface area contributed by atoms with Crippen LogP contribution >= 0.6 is 27.3 Å². The number of anilines is 1. The van der Waals surface area contributed by atoms with Gasteiger partial charge in [0, 0.05) is 28.2 Å². The summed E-state index contributed by atoms with van der Waals surface area (Å²) in [5.41, 5.74) is 1.00. The van der Waals surface area contributed by atoms with E-state index < -0.39 is 0 Å². The highest BCUT2D eigenvalue weighted by Gasteiger charge is 2.01. The van der Waals surface area contributed by atoms with Crippen molar-refractivity contribution in [2.75, 3.05) is 5.32 Å². The lowest BCUT2D eigenvalue weighted by Crippen LogP contribution is -2.17. The van der Waals surface area contributed by atoms with Crippen LogP contribution in [-0.2, 0) is 13.1 Å². The van der Waals surface area contributed by atoms with Crippen LogP contribution in [0.2, 0.25) is 0 Å². The number of thiophene rings is 1. The van der Waals surface area contributed by atoms with E-state index in [1.165, 1.54) is 4.88 Å². The van der Waals surface area contributed by atoms with Gasteiger partial charge in [0.25, 0.3) is 5.56 Å². The number of pyridine rings is 1. The number of nitrogens with zero attached hydrogens (tertiary/aromatic N) is 1. The van der Waals surface area contributed by atoms with Gasteiger partial charge in [-0.05, 0) is 40.4 Å². The first-order chi connectivity index (χ1) is 8.20. The molecular weight excluding hydrogens is 300 g/mol. The molecule has 3 nitrogen and oxygen atoms in total. The SMILES string of the molecule is CCn1cc(NCc2sccc2Br)ccc1=O. The quantitative estimate of drug-likeness (QED) is 0.940. The van der Waals surface area contributed by atoms with Crippen LogP contribution in [0.1, 0.15) is 11.8 Å². The molecule has 2 aromatic rings. The van der Waals surface area contributed by atoms with Gasteiger partial charge in [0.2, 0.25) is 0 Å². The van der Waals surface area contributed by atoms with Crippen LogP contribution in [0, 0.1) is 0 Å². The third kappa shape index (κ3) is 2.98. The van der Waals surface area contributed by atoms with Crippen LogP contribution in [-0.4, -0.2) is 4.57 Å². The molecule has 0 bridgehead atoms.